The summed E-state index contributed by atoms with van der Waals surface area (Å²) >= 11 is 0. The molecular formula is C23H30IN5O2. The van der Waals surface area contributed by atoms with Gasteiger partial charge in [0.15, 0.2) is 5.96 Å². The number of nitrogens with zero attached hydrogens (tertiary/aromatic N) is 4. The predicted molar refractivity (Wildman–Crippen MR) is 134 cm³/mol. The number of hydrogen-bond acceptors (Lipinski definition) is 4. The molecule has 8 heteroatoms. The molecule has 0 saturated heterocycles. The molecule has 0 aliphatic carbocycles. The summed E-state index contributed by atoms with van der Waals surface area (Å²) in [7, 11) is 7.09. The molecule has 0 radical (unpaired) electrons. The number of imidazole rings is 1. The van der Waals surface area contributed by atoms with Gasteiger partial charge in [-0.15, -0.1) is 24.0 Å². The molecule has 1 N–H and O–H groups in total. The van der Waals surface area contributed by atoms with Gasteiger partial charge in [0.05, 0.1) is 20.8 Å². The van der Waals surface area contributed by atoms with Crippen LogP contribution in [-0.4, -0.2) is 48.7 Å². The van der Waals surface area contributed by atoms with Crippen molar-refractivity contribution in [1.29, 1.82) is 0 Å². The third kappa shape index (κ3) is 6.61. The van der Waals surface area contributed by atoms with E-state index in [1.807, 2.05) is 43.7 Å². The fraction of sp³-hybridized carbons (Fsp3) is 0.304. The van der Waals surface area contributed by atoms with Gasteiger partial charge in [-0.25, -0.2) is 4.98 Å². The second-order valence-corrected chi connectivity index (χ2v) is 6.89. The Morgan fingerprint density at radius 1 is 1.13 bits per heavy atom. The average molecular weight is 535 g/mol. The van der Waals surface area contributed by atoms with Crippen LogP contribution in [0.25, 0.3) is 0 Å². The second kappa shape index (κ2) is 12.2. The smallest absolute Gasteiger partial charge is 0.194 e. The van der Waals surface area contributed by atoms with E-state index in [2.05, 4.69) is 49.0 Å². The van der Waals surface area contributed by atoms with E-state index in [9.17, 15) is 0 Å². The van der Waals surface area contributed by atoms with Crippen LogP contribution in [0.3, 0.4) is 0 Å². The van der Waals surface area contributed by atoms with E-state index < -0.39 is 0 Å². The van der Waals surface area contributed by atoms with E-state index in [0.717, 1.165) is 35.4 Å². The van der Waals surface area contributed by atoms with Crippen molar-refractivity contribution in [2.75, 3.05) is 28.3 Å². The number of halogens is 1. The van der Waals surface area contributed by atoms with Crippen molar-refractivity contribution in [3.8, 4) is 11.5 Å². The molecule has 3 rings (SSSR count). The predicted octanol–water partition coefficient (Wildman–Crippen LogP) is 3.77. The monoisotopic (exact) mass is 535 g/mol. The van der Waals surface area contributed by atoms with Crippen molar-refractivity contribution >= 4 is 29.9 Å². The van der Waals surface area contributed by atoms with Gasteiger partial charge >= 0.3 is 0 Å². The maximum Gasteiger partial charge on any atom is 0.194 e. The zero-order valence-corrected chi connectivity index (χ0v) is 20.7. The number of hydrogen-bond donors (Lipinski definition) is 1. The van der Waals surface area contributed by atoms with Crippen LogP contribution in [-0.2, 0) is 19.6 Å². The lowest BCUT2D eigenvalue weighted by Gasteiger charge is -2.23. The molecule has 31 heavy (non-hydrogen) atoms. The highest BCUT2D eigenvalue weighted by molar-refractivity contribution is 14.0. The lowest BCUT2D eigenvalue weighted by molar-refractivity contribution is 0.382. The van der Waals surface area contributed by atoms with Gasteiger partial charge in [0.25, 0.3) is 0 Å². The maximum absolute atomic E-state index is 5.51. The zero-order valence-electron chi connectivity index (χ0n) is 18.4. The highest BCUT2D eigenvalue weighted by Crippen LogP contribution is 2.25. The van der Waals surface area contributed by atoms with Gasteiger partial charge in [-0.05, 0) is 17.7 Å². The molecule has 166 valence electrons. The molecule has 0 fully saturated rings. The summed E-state index contributed by atoms with van der Waals surface area (Å²) in [6.07, 6.45) is 3.83. The average Bonchev–Trinajstić information content (AvgIpc) is 3.22. The highest BCUT2D eigenvalue weighted by Gasteiger charge is 2.12. The molecular weight excluding hydrogens is 505 g/mol. The Bertz CT molecular complexity index is 975. The molecule has 0 aliphatic heterocycles. The molecule has 1 aromatic heterocycles. The lowest BCUT2D eigenvalue weighted by Crippen LogP contribution is -2.38. The first kappa shape index (κ1) is 24.5. The third-order valence-electron chi connectivity index (χ3n) is 4.88. The summed E-state index contributed by atoms with van der Waals surface area (Å²) in [5.41, 5.74) is 2.29. The Hall–Kier alpha value is -2.75. The van der Waals surface area contributed by atoms with Crippen molar-refractivity contribution in [3.05, 3.63) is 77.9 Å². The Balaban J connectivity index is 0.00000341. The Kier molecular flexibility index (Phi) is 9.64. The second-order valence-electron chi connectivity index (χ2n) is 6.89. The summed E-state index contributed by atoms with van der Waals surface area (Å²) in [5, 5.41) is 3.41. The summed E-state index contributed by atoms with van der Waals surface area (Å²) in [6, 6.07) is 16.2. The number of nitrogens with one attached hydrogen (secondary N) is 1. The SMILES string of the molecule is CN=C(NCc1nccn1Cc1ccccc1)N(C)Cc1ccc(OC)cc1OC.I. The molecule has 3 aromatic rings. The van der Waals surface area contributed by atoms with E-state index in [1.165, 1.54) is 5.56 Å². The summed E-state index contributed by atoms with van der Waals surface area (Å²) in [6.45, 7) is 2.01. The molecule has 0 bridgehead atoms. The number of benzene rings is 2. The molecule has 0 aliphatic rings. The number of aliphatic imine (C=N–C) groups is 1. The molecule has 1 heterocycles. The highest BCUT2D eigenvalue weighted by atomic mass is 127. The van der Waals surface area contributed by atoms with Crippen LogP contribution < -0.4 is 14.8 Å². The van der Waals surface area contributed by atoms with Crippen LogP contribution in [0.15, 0.2) is 65.9 Å². The van der Waals surface area contributed by atoms with Crippen LogP contribution in [0.1, 0.15) is 17.0 Å². The van der Waals surface area contributed by atoms with Crippen molar-refractivity contribution in [3.63, 3.8) is 0 Å². The van der Waals surface area contributed by atoms with Crippen LogP contribution in [0.5, 0.6) is 11.5 Å². The van der Waals surface area contributed by atoms with Gasteiger partial charge in [0.1, 0.15) is 17.3 Å². The van der Waals surface area contributed by atoms with Gasteiger partial charge in [-0.3, -0.25) is 4.99 Å². The lowest BCUT2D eigenvalue weighted by atomic mass is 10.2. The minimum Gasteiger partial charge on any atom is -0.497 e. The number of rotatable bonds is 8. The fourth-order valence-corrected chi connectivity index (χ4v) is 3.29. The van der Waals surface area contributed by atoms with Crippen molar-refractivity contribution in [2.24, 2.45) is 4.99 Å². The van der Waals surface area contributed by atoms with Gasteiger partial charge in [0.2, 0.25) is 0 Å². The van der Waals surface area contributed by atoms with E-state index in [-0.39, 0.29) is 24.0 Å². The van der Waals surface area contributed by atoms with E-state index >= 15 is 0 Å². The molecule has 2 aromatic carbocycles. The fourth-order valence-electron chi connectivity index (χ4n) is 3.29. The molecule has 0 atom stereocenters. The summed E-state index contributed by atoms with van der Waals surface area (Å²) in [4.78, 5) is 11.0. The van der Waals surface area contributed by atoms with Crippen molar-refractivity contribution in [1.82, 2.24) is 19.8 Å². The topological polar surface area (TPSA) is 63.9 Å². The number of aromatic nitrogens is 2. The minimum atomic E-state index is 0. The van der Waals surface area contributed by atoms with Crippen LogP contribution in [0.2, 0.25) is 0 Å². The van der Waals surface area contributed by atoms with Gasteiger partial charge in [0, 0.05) is 51.2 Å². The number of guanidine groups is 1. The van der Waals surface area contributed by atoms with Gasteiger partial charge in [-0.2, -0.15) is 0 Å². The first-order valence-electron chi connectivity index (χ1n) is 9.81. The minimum absolute atomic E-state index is 0. The normalized spacial score (nSPS) is 10.9. The molecule has 0 amide bonds. The molecule has 0 spiro atoms. The van der Waals surface area contributed by atoms with Gasteiger partial charge in [-0.1, -0.05) is 30.3 Å². The van der Waals surface area contributed by atoms with Crippen molar-refractivity contribution in [2.45, 2.75) is 19.6 Å². The number of ether oxygens (including phenoxy) is 2. The van der Waals surface area contributed by atoms with Crippen LogP contribution in [0.4, 0.5) is 0 Å². The molecule has 0 saturated carbocycles. The summed E-state index contributed by atoms with van der Waals surface area (Å²) in [5.74, 6) is 3.29. The maximum atomic E-state index is 5.51. The van der Waals surface area contributed by atoms with E-state index in [1.54, 1.807) is 21.3 Å². The Morgan fingerprint density at radius 2 is 1.90 bits per heavy atom. The van der Waals surface area contributed by atoms with Crippen molar-refractivity contribution < 1.29 is 9.47 Å². The van der Waals surface area contributed by atoms with Crippen LogP contribution in [0, 0.1) is 0 Å². The quantitative estimate of drug-likeness (QED) is 0.270. The largest absolute Gasteiger partial charge is 0.497 e. The van der Waals surface area contributed by atoms with E-state index in [4.69, 9.17) is 9.47 Å². The zero-order chi connectivity index (χ0) is 21.3. The molecule has 7 nitrogen and oxygen atoms in total. The first-order valence-corrected chi connectivity index (χ1v) is 9.81. The Labute approximate surface area is 201 Å². The van der Waals surface area contributed by atoms with Gasteiger partial charge < -0.3 is 24.3 Å². The van der Waals surface area contributed by atoms with Crippen LogP contribution >= 0.6 is 24.0 Å². The summed E-state index contributed by atoms with van der Waals surface area (Å²) < 4.78 is 12.9. The Morgan fingerprint density at radius 3 is 2.58 bits per heavy atom. The first-order chi connectivity index (χ1) is 14.6. The number of methoxy groups -OCH3 is 2. The molecule has 0 unspecified atom stereocenters. The third-order valence-corrected chi connectivity index (χ3v) is 4.88. The van der Waals surface area contributed by atoms with E-state index in [0.29, 0.717) is 13.1 Å². The standard InChI is InChI=1S/C23H29N5O2.HI/c1-24-23(27(2)17-19-10-11-20(29-3)14-21(19)30-4)26-15-22-25-12-13-28(22)16-18-8-6-5-7-9-18;/h5-14H,15-17H2,1-4H3,(H,24,26);1H.